The van der Waals surface area contributed by atoms with Crippen molar-refractivity contribution in [3.05, 3.63) is 22.8 Å². The highest BCUT2D eigenvalue weighted by atomic mass is 35.5. The lowest BCUT2D eigenvalue weighted by atomic mass is 9.79. The third-order valence-corrected chi connectivity index (χ3v) is 4.11. The summed E-state index contributed by atoms with van der Waals surface area (Å²) in [6.45, 7) is 2.31. The van der Waals surface area contributed by atoms with Crippen LogP contribution in [0.4, 0.5) is 19.0 Å². The lowest BCUT2D eigenvalue weighted by Crippen LogP contribution is -2.41. The van der Waals surface area contributed by atoms with E-state index in [1.54, 1.807) is 0 Å². The fourth-order valence-corrected chi connectivity index (χ4v) is 3.00. The number of halogens is 4. The van der Waals surface area contributed by atoms with Gasteiger partial charge in [0.05, 0.1) is 16.2 Å². The molecule has 0 aliphatic heterocycles. The Labute approximate surface area is 126 Å². The fourth-order valence-electron chi connectivity index (χ4n) is 2.76. The Morgan fingerprint density at radius 3 is 2.81 bits per heavy atom. The van der Waals surface area contributed by atoms with Gasteiger partial charge in [0.1, 0.15) is 5.82 Å². The standard InChI is InChI=1S/C14H18ClF3N2O/c1-9-3-2-4-13(21,6-9)8-20-12-11(15)5-10(7-19-12)14(16,17)18/h5,7,9,21H,2-4,6,8H2,1H3,(H,19,20). The van der Waals surface area contributed by atoms with Crippen molar-refractivity contribution in [3.8, 4) is 0 Å². The molecule has 1 aromatic rings. The van der Waals surface area contributed by atoms with Crippen LogP contribution in [0.5, 0.6) is 0 Å². The zero-order valence-electron chi connectivity index (χ0n) is 11.7. The van der Waals surface area contributed by atoms with E-state index in [-0.39, 0.29) is 17.4 Å². The first-order valence-corrected chi connectivity index (χ1v) is 7.26. The number of nitrogens with one attached hydrogen (secondary N) is 1. The molecule has 0 aromatic carbocycles. The van der Waals surface area contributed by atoms with Crippen LogP contribution < -0.4 is 5.32 Å². The molecule has 2 atom stereocenters. The quantitative estimate of drug-likeness (QED) is 0.880. The third kappa shape index (κ3) is 4.23. The van der Waals surface area contributed by atoms with Crippen LogP contribution in [0.25, 0.3) is 0 Å². The highest BCUT2D eigenvalue weighted by Crippen LogP contribution is 2.34. The highest BCUT2D eigenvalue weighted by Gasteiger charge is 2.34. The molecule has 1 fully saturated rings. The molecule has 0 radical (unpaired) electrons. The molecule has 2 rings (SSSR count). The third-order valence-electron chi connectivity index (χ3n) is 3.82. The summed E-state index contributed by atoms with van der Waals surface area (Å²) in [4.78, 5) is 3.71. The predicted molar refractivity (Wildman–Crippen MR) is 75.3 cm³/mol. The van der Waals surface area contributed by atoms with E-state index in [1.807, 2.05) is 0 Å². The van der Waals surface area contributed by atoms with Crippen LogP contribution in [-0.4, -0.2) is 22.2 Å². The average molecular weight is 323 g/mol. The molecular weight excluding hydrogens is 305 g/mol. The predicted octanol–water partition coefficient (Wildman–Crippen LogP) is 4.11. The van der Waals surface area contributed by atoms with E-state index in [4.69, 9.17) is 11.6 Å². The maximum absolute atomic E-state index is 12.5. The van der Waals surface area contributed by atoms with Crippen molar-refractivity contribution in [2.24, 2.45) is 5.92 Å². The van der Waals surface area contributed by atoms with Crippen molar-refractivity contribution in [2.75, 3.05) is 11.9 Å². The van der Waals surface area contributed by atoms with Gasteiger partial charge < -0.3 is 10.4 Å². The second kappa shape index (κ2) is 6.01. The van der Waals surface area contributed by atoms with Crippen molar-refractivity contribution < 1.29 is 18.3 Å². The van der Waals surface area contributed by atoms with Gasteiger partial charge in [-0.2, -0.15) is 13.2 Å². The van der Waals surface area contributed by atoms with Crippen LogP contribution in [0.3, 0.4) is 0 Å². The molecule has 2 unspecified atom stereocenters. The van der Waals surface area contributed by atoms with Gasteiger partial charge in [-0.3, -0.25) is 0 Å². The number of anilines is 1. The Morgan fingerprint density at radius 1 is 1.52 bits per heavy atom. The fraction of sp³-hybridized carbons (Fsp3) is 0.643. The Balaban J connectivity index is 2.03. The molecule has 0 saturated heterocycles. The minimum atomic E-state index is -4.47. The minimum absolute atomic E-state index is 0.0997. The molecule has 2 N–H and O–H groups in total. The SMILES string of the molecule is CC1CCCC(O)(CNc2ncc(C(F)(F)F)cc2Cl)C1. The molecule has 21 heavy (non-hydrogen) atoms. The smallest absolute Gasteiger partial charge is 0.388 e. The Hall–Kier alpha value is -1.01. The van der Waals surface area contributed by atoms with Crippen LogP contribution in [0, 0.1) is 5.92 Å². The van der Waals surface area contributed by atoms with E-state index < -0.39 is 17.3 Å². The summed E-state index contributed by atoms with van der Waals surface area (Å²) in [5.41, 5.74) is -1.74. The maximum atomic E-state index is 12.5. The number of rotatable bonds is 3. The first kappa shape index (κ1) is 16.4. The number of aromatic nitrogens is 1. The molecule has 1 aliphatic carbocycles. The van der Waals surface area contributed by atoms with Gasteiger partial charge in [-0.1, -0.05) is 31.4 Å². The number of hydrogen-bond donors (Lipinski definition) is 2. The number of pyridine rings is 1. The number of alkyl halides is 3. The Morgan fingerprint density at radius 2 is 2.24 bits per heavy atom. The summed E-state index contributed by atoms with van der Waals surface area (Å²) in [5, 5.41) is 13.2. The van der Waals surface area contributed by atoms with Crippen molar-refractivity contribution in [2.45, 2.75) is 44.4 Å². The zero-order chi connectivity index (χ0) is 15.7. The van der Waals surface area contributed by atoms with E-state index in [0.717, 1.165) is 25.1 Å². The van der Waals surface area contributed by atoms with Crippen molar-refractivity contribution in [1.82, 2.24) is 4.98 Å². The van der Waals surface area contributed by atoms with Crippen molar-refractivity contribution in [3.63, 3.8) is 0 Å². The number of hydrogen-bond acceptors (Lipinski definition) is 3. The molecule has 0 spiro atoms. The van der Waals surface area contributed by atoms with Gasteiger partial charge in [-0.25, -0.2) is 4.98 Å². The van der Waals surface area contributed by atoms with E-state index in [1.165, 1.54) is 0 Å². The molecule has 0 amide bonds. The van der Waals surface area contributed by atoms with Gasteiger partial charge in [0.2, 0.25) is 0 Å². The van der Waals surface area contributed by atoms with E-state index in [2.05, 4.69) is 17.2 Å². The molecule has 3 nitrogen and oxygen atoms in total. The van der Waals surface area contributed by atoms with E-state index in [9.17, 15) is 18.3 Å². The van der Waals surface area contributed by atoms with E-state index in [0.29, 0.717) is 18.8 Å². The van der Waals surface area contributed by atoms with Crippen molar-refractivity contribution in [1.29, 1.82) is 0 Å². The first-order chi connectivity index (χ1) is 9.70. The van der Waals surface area contributed by atoms with Gasteiger partial charge in [-0.05, 0) is 24.8 Å². The number of aliphatic hydroxyl groups is 1. The molecule has 1 heterocycles. The van der Waals surface area contributed by atoms with Gasteiger partial charge in [-0.15, -0.1) is 0 Å². The van der Waals surface area contributed by atoms with Crippen LogP contribution in [0.1, 0.15) is 38.2 Å². The van der Waals surface area contributed by atoms with Gasteiger partial charge in [0.15, 0.2) is 0 Å². The molecule has 1 aromatic heterocycles. The second-order valence-electron chi connectivity index (χ2n) is 5.83. The zero-order valence-corrected chi connectivity index (χ0v) is 12.4. The topological polar surface area (TPSA) is 45.1 Å². The van der Waals surface area contributed by atoms with E-state index >= 15 is 0 Å². The Bertz CT molecular complexity index is 509. The lowest BCUT2D eigenvalue weighted by Gasteiger charge is -2.35. The molecule has 7 heteroatoms. The summed E-state index contributed by atoms with van der Waals surface area (Å²) in [5.74, 6) is 0.595. The van der Waals surface area contributed by atoms with Gasteiger partial charge in [0, 0.05) is 12.7 Å². The number of nitrogens with zero attached hydrogens (tertiary/aromatic N) is 1. The summed E-state index contributed by atoms with van der Waals surface area (Å²) in [7, 11) is 0. The second-order valence-corrected chi connectivity index (χ2v) is 6.24. The summed E-state index contributed by atoms with van der Waals surface area (Å²) >= 11 is 5.82. The van der Waals surface area contributed by atoms with Crippen LogP contribution in [0.15, 0.2) is 12.3 Å². The molecule has 0 bridgehead atoms. The largest absolute Gasteiger partial charge is 0.417 e. The van der Waals surface area contributed by atoms with Gasteiger partial charge >= 0.3 is 6.18 Å². The monoisotopic (exact) mass is 322 g/mol. The lowest BCUT2D eigenvalue weighted by molar-refractivity contribution is -0.137. The summed E-state index contributed by atoms with van der Waals surface area (Å²) in [6.07, 6.45) is -0.371. The molecular formula is C14H18ClF3N2O. The summed E-state index contributed by atoms with van der Waals surface area (Å²) in [6, 6.07) is 0.838. The molecule has 1 aliphatic rings. The van der Waals surface area contributed by atoms with Crippen molar-refractivity contribution >= 4 is 17.4 Å². The highest BCUT2D eigenvalue weighted by molar-refractivity contribution is 6.32. The minimum Gasteiger partial charge on any atom is -0.388 e. The Kier molecular flexibility index (Phi) is 4.68. The van der Waals surface area contributed by atoms with Crippen LogP contribution >= 0.6 is 11.6 Å². The first-order valence-electron chi connectivity index (χ1n) is 6.89. The van der Waals surface area contributed by atoms with Gasteiger partial charge in [0.25, 0.3) is 0 Å². The molecule has 118 valence electrons. The molecule has 1 saturated carbocycles. The summed E-state index contributed by atoms with van der Waals surface area (Å²) < 4.78 is 37.6. The maximum Gasteiger partial charge on any atom is 0.417 e. The normalized spacial score (nSPS) is 26.7. The van der Waals surface area contributed by atoms with Crippen LogP contribution in [-0.2, 0) is 6.18 Å². The van der Waals surface area contributed by atoms with Crippen LogP contribution in [0.2, 0.25) is 5.02 Å². The average Bonchev–Trinajstić information content (AvgIpc) is 2.36.